The first-order valence-corrected chi connectivity index (χ1v) is 14.2. The molecule has 0 aliphatic carbocycles. The second-order valence-corrected chi connectivity index (χ2v) is 12.4. The van der Waals surface area contributed by atoms with Gasteiger partial charge < -0.3 is 24.5 Å². The number of imide groups is 1. The van der Waals surface area contributed by atoms with Crippen molar-refractivity contribution in [2.24, 2.45) is 10.8 Å². The number of allylic oxidation sites excluding steroid dienone is 1. The van der Waals surface area contributed by atoms with Gasteiger partial charge in [-0.25, -0.2) is 9.59 Å². The summed E-state index contributed by atoms with van der Waals surface area (Å²) in [6, 6.07) is 0. The lowest BCUT2D eigenvalue weighted by Gasteiger charge is -2.17. The summed E-state index contributed by atoms with van der Waals surface area (Å²) in [4.78, 5) is 89.2. The number of nitrogens with one attached hydrogen (secondary N) is 1. The van der Waals surface area contributed by atoms with Crippen molar-refractivity contribution in [3.05, 3.63) is 12.3 Å². The molecule has 2 heterocycles. The van der Waals surface area contributed by atoms with Gasteiger partial charge >= 0.3 is 17.9 Å². The first kappa shape index (κ1) is 37.2. The largest absolute Gasteiger partial charge is 0.465 e. The van der Waals surface area contributed by atoms with Crippen LogP contribution < -0.4 is 5.32 Å². The number of esters is 1. The van der Waals surface area contributed by atoms with Crippen LogP contribution in [0.4, 0.5) is 0 Å². The predicted octanol–water partition coefficient (Wildman–Crippen LogP) is 2.50. The minimum Gasteiger partial charge on any atom is -0.465 e. The number of ether oxygens (including phenoxy) is 2. The van der Waals surface area contributed by atoms with Crippen molar-refractivity contribution in [1.82, 2.24) is 15.4 Å². The van der Waals surface area contributed by atoms with E-state index in [1.807, 2.05) is 20.8 Å². The fraction of sp³-hybridized carbons (Fsp3) is 0.690. The van der Waals surface area contributed by atoms with E-state index in [1.54, 1.807) is 0 Å². The van der Waals surface area contributed by atoms with Crippen LogP contribution in [0.2, 0.25) is 0 Å². The number of hydrogen-bond donors (Lipinski definition) is 1. The fourth-order valence-corrected chi connectivity index (χ4v) is 3.25. The van der Waals surface area contributed by atoms with E-state index in [-0.39, 0.29) is 42.6 Å². The highest BCUT2D eigenvalue weighted by atomic mass is 16.7. The molecule has 4 amide bonds. The number of hydroxylamine groups is 4. The molecule has 0 aromatic heterocycles. The molecule has 0 spiro atoms. The van der Waals surface area contributed by atoms with E-state index < -0.39 is 48.5 Å². The molecule has 2 fully saturated rings. The number of amides is 4. The van der Waals surface area contributed by atoms with Crippen LogP contribution >= 0.6 is 0 Å². The molecule has 2 saturated heterocycles. The van der Waals surface area contributed by atoms with Gasteiger partial charge in [0.1, 0.15) is 12.8 Å². The molecule has 43 heavy (non-hydrogen) atoms. The van der Waals surface area contributed by atoms with Crippen molar-refractivity contribution in [1.29, 1.82) is 0 Å². The Hall–Kier alpha value is -3.81. The van der Waals surface area contributed by atoms with Gasteiger partial charge in [0.05, 0.1) is 18.9 Å². The summed E-state index contributed by atoms with van der Waals surface area (Å²) in [6.07, 6.45) is 1.29. The molecule has 2 aliphatic rings. The van der Waals surface area contributed by atoms with Crippen LogP contribution in [0.15, 0.2) is 12.3 Å². The fourth-order valence-electron chi connectivity index (χ4n) is 3.25. The molecule has 14 heteroatoms. The minimum absolute atomic E-state index is 0.0160. The number of nitrogens with zero attached hydrogens (tertiary/aromatic N) is 2. The van der Waals surface area contributed by atoms with Crippen molar-refractivity contribution in [2.75, 3.05) is 26.4 Å². The molecule has 14 nitrogen and oxygen atoms in total. The van der Waals surface area contributed by atoms with Gasteiger partial charge in [0.15, 0.2) is 0 Å². The van der Waals surface area contributed by atoms with E-state index in [4.69, 9.17) is 14.3 Å². The highest BCUT2D eigenvalue weighted by molar-refractivity contribution is 6.02. The van der Waals surface area contributed by atoms with Crippen molar-refractivity contribution >= 4 is 41.5 Å². The second-order valence-electron chi connectivity index (χ2n) is 12.4. The lowest BCUT2D eigenvalue weighted by atomic mass is 9.93. The SMILES string of the molecule is C=C1CCC(=O)N1OC(=O)CC(=O)NCCOCCC(C)(C)C.CC(C)(C)CCOC(=O)CC(=O)ON1C(=O)CCC1=O. The summed E-state index contributed by atoms with van der Waals surface area (Å²) in [5.74, 6) is -4.45. The third-order valence-electron chi connectivity index (χ3n) is 5.81. The summed E-state index contributed by atoms with van der Waals surface area (Å²) in [5.41, 5.74) is 0.662. The smallest absolute Gasteiger partial charge is 0.344 e. The molecule has 0 radical (unpaired) electrons. The zero-order valence-electron chi connectivity index (χ0n) is 26.1. The third kappa shape index (κ3) is 16.4. The molecule has 1 N–H and O–H groups in total. The Morgan fingerprint density at radius 1 is 0.698 bits per heavy atom. The zero-order valence-corrected chi connectivity index (χ0v) is 26.1. The Labute approximate surface area is 252 Å². The van der Waals surface area contributed by atoms with Gasteiger partial charge in [-0.3, -0.25) is 24.0 Å². The molecule has 0 aromatic rings. The Balaban J connectivity index is 0.000000434. The summed E-state index contributed by atoms with van der Waals surface area (Å²) < 4.78 is 10.3. The van der Waals surface area contributed by atoms with Gasteiger partial charge in [0.2, 0.25) is 5.91 Å². The van der Waals surface area contributed by atoms with Gasteiger partial charge in [-0.15, -0.1) is 10.1 Å². The Bertz CT molecular complexity index is 1020. The number of hydrogen-bond acceptors (Lipinski definition) is 11. The summed E-state index contributed by atoms with van der Waals surface area (Å²) in [6.45, 7) is 17.6. The van der Waals surface area contributed by atoms with E-state index in [2.05, 4.69) is 37.5 Å². The summed E-state index contributed by atoms with van der Waals surface area (Å²) in [7, 11) is 0. The van der Waals surface area contributed by atoms with Gasteiger partial charge in [-0.1, -0.05) is 48.1 Å². The van der Waals surface area contributed by atoms with Crippen LogP contribution in [0.25, 0.3) is 0 Å². The molecule has 2 rings (SSSR count). The topological polar surface area (TPSA) is 175 Å². The molecule has 2 aliphatic heterocycles. The van der Waals surface area contributed by atoms with Gasteiger partial charge in [0.25, 0.3) is 17.7 Å². The Morgan fingerprint density at radius 3 is 1.72 bits per heavy atom. The predicted molar refractivity (Wildman–Crippen MR) is 151 cm³/mol. The van der Waals surface area contributed by atoms with Gasteiger partial charge in [0, 0.05) is 32.4 Å². The van der Waals surface area contributed by atoms with Gasteiger partial charge in [-0.2, -0.15) is 0 Å². The second kappa shape index (κ2) is 17.3. The normalized spacial score (nSPS) is 15.2. The lowest BCUT2D eigenvalue weighted by molar-refractivity contribution is -0.198. The van der Waals surface area contributed by atoms with Crippen molar-refractivity contribution in [2.45, 2.75) is 92.9 Å². The first-order valence-electron chi connectivity index (χ1n) is 14.2. The average molecular weight is 612 g/mol. The van der Waals surface area contributed by atoms with E-state index in [0.29, 0.717) is 43.4 Å². The Morgan fingerprint density at radius 2 is 1.19 bits per heavy atom. The van der Waals surface area contributed by atoms with E-state index in [9.17, 15) is 33.6 Å². The third-order valence-corrected chi connectivity index (χ3v) is 5.81. The van der Waals surface area contributed by atoms with Gasteiger partial charge in [-0.05, 0) is 30.1 Å². The standard InChI is InChI=1S/C16H26N2O5.C13H19NO6/c1-12-5-6-14(20)18(12)23-15(21)11-13(19)17-8-10-22-9-7-16(2,3)4;1-13(2,3)6-7-19-11(17)8-12(18)20-14-9(15)4-5-10(14)16/h1,5-11H2,2-4H3,(H,17,19);4-8H2,1-3H3. The quantitative estimate of drug-likeness (QED) is 0.140. The zero-order chi connectivity index (χ0) is 32.8. The highest BCUT2D eigenvalue weighted by Gasteiger charge is 2.33. The van der Waals surface area contributed by atoms with Crippen LogP contribution in [-0.4, -0.2) is 78.0 Å². The molecule has 242 valence electrons. The first-order chi connectivity index (χ1) is 19.9. The van der Waals surface area contributed by atoms with Crippen LogP contribution in [0, 0.1) is 10.8 Å². The van der Waals surface area contributed by atoms with Crippen LogP contribution in [-0.2, 0) is 52.7 Å². The van der Waals surface area contributed by atoms with E-state index >= 15 is 0 Å². The molecular formula is C29H45N3O11. The van der Waals surface area contributed by atoms with E-state index in [1.165, 1.54) is 0 Å². The van der Waals surface area contributed by atoms with Crippen LogP contribution in [0.1, 0.15) is 92.9 Å². The van der Waals surface area contributed by atoms with Crippen molar-refractivity contribution in [3.8, 4) is 0 Å². The summed E-state index contributed by atoms with van der Waals surface area (Å²) >= 11 is 0. The molecule has 0 bridgehead atoms. The lowest BCUT2D eigenvalue weighted by Crippen LogP contribution is -2.33. The van der Waals surface area contributed by atoms with E-state index in [0.717, 1.165) is 11.5 Å². The maximum absolute atomic E-state index is 11.6. The highest BCUT2D eigenvalue weighted by Crippen LogP contribution is 2.21. The summed E-state index contributed by atoms with van der Waals surface area (Å²) in [5, 5.41) is 3.84. The van der Waals surface area contributed by atoms with Crippen molar-refractivity contribution < 1.29 is 52.7 Å². The number of carbonyl (C=O) groups excluding carboxylic acids is 7. The minimum atomic E-state index is -0.977. The molecule has 0 atom stereocenters. The monoisotopic (exact) mass is 611 g/mol. The molecule has 0 saturated carbocycles. The maximum atomic E-state index is 11.6. The molecule has 0 aromatic carbocycles. The molecule has 0 unspecified atom stereocenters. The Kier molecular flexibility index (Phi) is 15.0. The average Bonchev–Trinajstić information content (AvgIpc) is 3.35. The maximum Gasteiger partial charge on any atom is 0.344 e. The van der Waals surface area contributed by atoms with Crippen LogP contribution in [0.5, 0.6) is 0 Å². The van der Waals surface area contributed by atoms with Crippen LogP contribution in [0.3, 0.4) is 0 Å². The number of rotatable bonds is 13. The van der Waals surface area contributed by atoms with Crippen molar-refractivity contribution in [3.63, 3.8) is 0 Å². The molecular weight excluding hydrogens is 566 g/mol. The number of carbonyl (C=O) groups is 7.